The largest absolute Gasteiger partial charge is 0.506 e. The molecule has 6 nitrogen and oxygen atoms in total. The molecule has 0 aliphatic carbocycles. The van der Waals surface area contributed by atoms with Crippen molar-refractivity contribution < 1.29 is 24.3 Å². The van der Waals surface area contributed by atoms with Crippen LogP contribution in [0.4, 0.5) is 0 Å². The Labute approximate surface area is 138 Å². The van der Waals surface area contributed by atoms with Gasteiger partial charge in [0.2, 0.25) is 0 Å². The second-order valence-electron chi connectivity index (χ2n) is 3.84. The number of benzene rings is 1. The number of hydrogen-bond acceptors (Lipinski definition) is 5. The SMILES string of the molecule is O=C(ON1C(=O)CCC1=O)c1c(Br)cc(Br)c(O)c1Br. The van der Waals surface area contributed by atoms with Crippen LogP contribution in [0.1, 0.15) is 23.2 Å². The number of rotatable bonds is 2. The highest BCUT2D eigenvalue weighted by atomic mass is 79.9. The van der Waals surface area contributed by atoms with Crippen LogP contribution in [0.3, 0.4) is 0 Å². The lowest BCUT2D eigenvalue weighted by molar-refractivity contribution is -0.172. The Bertz CT molecular complexity index is 615. The number of phenolic OH excluding ortho intramolecular Hbond substituents is 1. The maximum Gasteiger partial charge on any atom is 0.366 e. The van der Waals surface area contributed by atoms with Gasteiger partial charge in [0, 0.05) is 17.3 Å². The van der Waals surface area contributed by atoms with E-state index in [1.165, 1.54) is 6.07 Å². The molecule has 0 bridgehead atoms. The van der Waals surface area contributed by atoms with E-state index in [-0.39, 0.29) is 28.6 Å². The maximum absolute atomic E-state index is 12.0. The van der Waals surface area contributed by atoms with Crippen molar-refractivity contribution in [2.75, 3.05) is 0 Å². The number of carbonyl (C=O) groups is 3. The van der Waals surface area contributed by atoms with Gasteiger partial charge in [0.25, 0.3) is 11.8 Å². The molecule has 0 aromatic heterocycles. The van der Waals surface area contributed by atoms with Crippen molar-refractivity contribution >= 4 is 65.6 Å². The molecule has 1 aromatic rings. The van der Waals surface area contributed by atoms with E-state index in [1.807, 2.05) is 0 Å². The zero-order chi connectivity index (χ0) is 15.0. The second-order valence-corrected chi connectivity index (χ2v) is 6.34. The standard InChI is InChI=1S/C11H6Br3NO5/c12-4-3-5(13)10(18)9(14)8(4)11(19)20-15-6(16)1-2-7(15)17/h3,18H,1-2H2. The second kappa shape index (κ2) is 5.82. The third-order valence-electron chi connectivity index (χ3n) is 2.53. The number of phenols is 1. The molecule has 1 N–H and O–H groups in total. The van der Waals surface area contributed by atoms with Crippen LogP contribution < -0.4 is 0 Å². The molecule has 0 atom stereocenters. The lowest BCUT2D eigenvalue weighted by Crippen LogP contribution is -2.32. The molecule has 1 aliphatic rings. The van der Waals surface area contributed by atoms with E-state index in [2.05, 4.69) is 47.8 Å². The van der Waals surface area contributed by atoms with Crippen LogP contribution in [-0.4, -0.2) is 28.0 Å². The minimum atomic E-state index is -0.935. The summed E-state index contributed by atoms with van der Waals surface area (Å²) in [7, 11) is 0. The first kappa shape index (κ1) is 15.5. The molecule has 1 saturated heterocycles. The van der Waals surface area contributed by atoms with E-state index in [0.717, 1.165) is 0 Å². The summed E-state index contributed by atoms with van der Waals surface area (Å²) in [6.45, 7) is 0. The molecule has 1 heterocycles. The van der Waals surface area contributed by atoms with Gasteiger partial charge in [-0.25, -0.2) is 4.79 Å². The summed E-state index contributed by atoms with van der Waals surface area (Å²) in [5.74, 6) is -2.27. The fourth-order valence-electron chi connectivity index (χ4n) is 1.55. The van der Waals surface area contributed by atoms with Crippen molar-refractivity contribution in [2.24, 2.45) is 0 Å². The smallest absolute Gasteiger partial charge is 0.366 e. The number of hydrogen-bond donors (Lipinski definition) is 1. The average Bonchev–Trinajstić information content (AvgIpc) is 2.68. The predicted molar refractivity (Wildman–Crippen MR) is 77.7 cm³/mol. The van der Waals surface area contributed by atoms with E-state index in [4.69, 9.17) is 4.84 Å². The van der Waals surface area contributed by atoms with E-state index < -0.39 is 17.8 Å². The van der Waals surface area contributed by atoms with Gasteiger partial charge < -0.3 is 9.94 Å². The van der Waals surface area contributed by atoms with Crippen LogP contribution in [0.15, 0.2) is 19.5 Å². The van der Waals surface area contributed by atoms with Gasteiger partial charge in [0.1, 0.15) is 5.75 Å². The highest BCUT2D eigenvalue weighted by Gasteiger charge is 2.34. The van der Waals surface area contributed by atoms with Crippen LogP contribution in [0.2, 0.25) is 0 Å². The molecule has 0 radical (unpaired) electrons. The number of amides is 2. The molecule has 106 valence electrons. The van der Waals surface area contributed by atoms with Gasteiger partial charge in [-0.05, 0) is 53.9 Å². The Morgan fingerprint density at radius 3 is 2.25 bits per heavy atom. The quantitative estimate of drug-likeness (QED) is 0.670. The van der Waals surface area contributed by atoms with Crippen LogP contribution in [0.25, 0.3) is 0 Å². The Kier molecular flexibility index (Phi) is 4.50. The molecule has 9 heteroatoms. The highest BCUT2D eigenvalue weighted by molar-refractivity contribution is 9.11. The molecule has 1 aromatic carbocycles. The molecular weight excluding hydrogens is 466 g/mol. The minimum Gasteiger partial charge on any atom is -0.506 e. The van der Waals surface area contributed by atoms with Crippen LogP contribution in [0.5, 0.6) is 5.75 Å². The van der Waals surface area contributed by atoms with Crippen molar-refractivity contribution in [1.29, 1.82) is 0 Å². The molecule has 2 amide bonds. The molecule has 2 rings (SSSR count). The first-order valence-corrected chi connectivity index (χ1v) is 7.65. The van der Waals surface area contributed by atoms with Crippen molar-refractivity contribution in [1.82, 2.24) is 5.06 Å². The normalized spacial score (nSPS) is 14.8. The Morgan fingerprint density at radius 2 is 1.70 bits per heavy atom. The topological polar surface area (TPSA) is 83.9 Å². The molecule has 0 saturated carbocycles. The van der Waals surface area contributed by atoms with Gasteiger partial charge in [-0.3, -0.25) is 9.59 Å². The highest BCUT2D eigenvalue weighted by Crippen LogP contribution is 2.39. The third-order valence-corrected chi connectivity index (χ3v) is 4.53. The number of nitrogens with zero attached hydrogens (tertiary/aromatic N) is 1. The van der Waals surface area contributed by atoms with Crippen molar-refractivity contribution in [3.8, 4) is 5.75 Å². The van der Waals surface area contributed by atoms with Gasteiger partial charge >= 0.3 is 5.97 Å². The number of carbonyl (C=O) groups excluding carboxylic acids is 3. The lowest BCUT2D eigenvalue weighted by Gasteiger charge is -2.15. The summed E-state index contributed by atoms with van der Waals surface area (Å²) in [6.07, 6.45) is 0.0279. The zero-order valence-electron chi connectivity index (χ0n) is 9.65. The first-order valence-electron chi connectivity index (χ1n) is 5.27. The lowest BCUT2D eigenvalue weighted by atomic mass is 10.2. The van der Waals surface area contributed by atoms with Crippen molar-refractivity contribution in [3.05, 3.63) is 25.0 Å². The van der Waals surface area contributed by atoms with E-state index in [0.29, 0.717) is 14.0 Å². The van der Waals surface area contributed by atoms with E-state index in [9.17, 15) is 19.5 Å². The number of aromatic hydroxyl groups is 1. The van der Waals surface area contributed by atoms with Gasteiger partial charge in [-0.15, -0.1) is 5.06 Å². The molecular formula is C11H6Br3NO5. The fraction of sp³-hybridized carbons (Fsp3) is 0.182. The zero-order valence-corrected chi connectivity index (χ0v) is 14.4. The van der Waals surface area contributed by atoms with Gasteiger partial charge in [0.05, 0.1) is 14.5 Å². The maximum atomic E-state index is 12.0. The Balaban J connectivity index is 2.33. The number of hydroxylamine groups is 2. The third kappa shape index (κ3) is 2.75. The molecule has 20 heavy (non-hydrogen) atoms. The summed E-state index contributed by atoms with van der Waals surface area (Å²) >= 11 is 9.32. The van der Waals surface area contributed by atoms with Crippen LogP contribution in [-0.2, 0) is 14.4 Å². The van der Waals surface area contributed by atoms with Gasteiger partial charge in [-0.2, -0.15) is 0 Å². The molecule has 1 aliphatic heterocycles. The molecule has 1 fully saturated rings. The monoisotopic (exact) mass is 469 g/mol. The summed E-state index contributed by atoms with van der Waals surface area (Å²) in [5.41, 5.74) is -0.0294. The molecule has 0 spiro atoms. The summed E-state index contributed by atoms with van der Waals surface area (Å²) in [6, 6.07) is 1.45. The van der Waals surface area contributed by atoms with Gasteiger partial charge in [0.15, 0.2) is 0 Å². The molecule has 0 unspecified atom stereocenters. The summed E-state index contributed by atoms with van der Waals surface area (Å²) < 4.78 is 0.780. The summed E-state index contributed by atoms with van der Waals surface area (Å²) in [5, 5.41) is 10.2. The van der Waals surface area contributed by atoms with Crippen molar-refractivity contribution in [2.45, 2.75) is 12.8 Å². The van der Waals surface area contributed by atoms with E-state index in [1.54, 1.807) is 0 Å². The average molecular weight is 472 g/mol. The van der Waals surface area contributed by atoms with Crippen molar-refractivity contribution in [3.63, 3.8) is 0 Å². The number of imide groups is 1. The Hall–Kier alpha value is -0.930. The first-order chi connectivity index (χ1) is 9.32. The summed E-state index contributed by atoms with van der Waals surface area (Å²) in [4.78, 5) is 39.6. The predicted octanol–water partition coefficient (Wildman–Crippen LogP) is 2.90. The number of halogens is 3. The minimum absolute atomic E-state index is 0.0139. The van der Waals surface area contributed by atoms with E-state index >= 15 is 0 Å². The van der Waals surface area contributed by atoms with Crippen LogP contribution in [0, 0.1) is 0 Å². The van der Waals surface area contributed by atoms with Gasteiger partial charge in [-0.1, -0.05) is 0 Å². The fourth-order valence-corrected chi connectivity index (χ4v) is 4.00. The van der Waals surface area contributed by atoms with Crippen LogP contribution >= 0.6 is 47.8 Å². The Morgan fingerprint density at radius 1 is 1.15 bits per heavy atom.